The van der Waals surface area contributed by atoms with Crippen LogP contribution in [0.15, 0.2) is 66.7 Å². The van der Waals surface area contributed by atoms with Crippen molar-refractivity contribution in [3.8, 4) is 11.3 Å². The Balaban J connectivity index is 1.82. The van der Waals surface area contributed by atoms with E-state index in [1.807, 2.05) is 30.3 Å². The lowest BCUT2D eigenvalue weighted by molar-refractivity contribution is -0.141. The molecule has 0 fully saturated rings. The molecule has 0 radical (unpaired) electrons. The van der Waals surface area contributed by atoms with Crippen LogP contribution in [-0.2, 0) is 12.6 Å². The minimum Gasteiger partial charge on any atom is -0.354 e. The van der Waals surface area contributed by atoms with Gasteiger partial charge < -0.3 is 5.32 Å². The standard InChI is InChI=1S/C19H16F3N3/c20-19(21,22)17-13-16(15-9-5-2-6-10-15)24-18(25-17)23-12-11-14-7-3-1-4-8-14/h1-10,13H,11-12H2,(H,23,24,25). The quantitative estimate of drug-likeness (QED) is 0.722. The second-order valence-electron chi connectivity index (χ2n) is 5.49. The molecule has 3 rings (SSSR count). The molecule has 0 spiro atoms. The molecule has 0 aliphatic carbocycles. The minimum atomic E-state index is -4.53. The highest BCUT2D eigenvalue weighted by atomic mass is 19.4. The maximum Gasteiger partial charge on any atom is 0.433 e. The average molecular weight is 343 g/mol. The smallest absolute Gasteiger partial charge is 0.354 e. The third-order valence-electron chi connectivity index (χ3n) is 3.63. The van der Waals surface area contributed by atoms with E-state index in [1.54, 1.807) is 30.3 Å². The first kappa shape index (κ1) is 17.0. The molecule has 0 atom stereocenters. The van der Waals surface area contributed by atoms with Crippen molar-refractivity contribution in [1.82, 2.24) is 9.97 Å². The number of aromatic nitrogens is 2. The Morgan fingerprint density at radius 2 is 1.48 bits per heavy atom. The molecule has 1 aromatic heterocycles. The third kappa shape index (κ3) is 4.56. The molecule has 3 aromatic rings. The zero-order valence-corrected chi connectivity index (χ0v) is 13.3. The molecule has 2 aromatic carbocycles. The maximum absolute atomic E-state index is 13.1. The van der Waals surface area contributed by atoms with Crippen molar-refractivity contribution in [1.29, 1.82) is 0 Å². The van der Waals surface area contributed by atoms with Gasteiger partial charge in [0.2, 0.25) is 5.95 Å². The van der Waals surface area contributed by atoms with E-state index in [4.69, 9.17) is 0 Å². The van der Waals surface area contributed by atoms with Gasteiger partial charge in [-0.3, -0.25) is 0 Å². The number of nitrogens with one attached hydrogen (secondary N) is 1. The summed E-state index contributed by atoms with van der Waals surface area (Å²) < 4.78 is 39.4. The van der Waals surface area contributed by atoms with E-state index in [-0.39, 0.29) is 11.6 Å². The second kappa shape index (κ2) is 7.34. The summed E-state index contributed by atoms with van der Waals surface area (Å²) in [5.41, 5.74) is 0.987. The molecule has 0 saturated carbocycles. The summed E-state index contributed by atoms with van der Waals surface area (Å²) in [5.74, 6) is -0.0235. The normalized spacial score (nSPS) is 11.3. The molecule has 6 heteroatoms. The maximum atomic E-state index is 13.1. The van der Waals surface area contributed by atoms with Crippen LogP contribution in [0.25, 0.3) is 11.3 Å². The molecule has 0 aliphatic rings. The Morgan fingerprint density at radius 3 is 2.12 bits per heavy atom. The second-order valence-corrected chi connectivity index (χ2v) is 5.49. The molecular weight excluding hydrogens is 327 g/mol. The van der Waals surface area contributed by atoms with E-state index in [1.165, 1.54) is 0 Å². The van der Waals surface area contributed by atoms with Crippen LogP contribution in [0, 0.1) is 0 Å². The topological polar surface area (TPSA) is 37.8 Å². The Morgan fingerprint density at radius 1 is 0.840 bits per heavy atom. The first-order valence-electron chi connectivity index (χ1n) is 7.82. The van der Waals surface area contributed by atoms with Gasteiger partial charge >= 0.3 is 6.18 Å². The van der Waals surface area contributed by atoms with Crippen LogP contribution < -0.4 is 5.32 Å². The van der Waals surface area contributed by atoms with E-state index in [0.29, 0.717) is 18.5 Å². The van der Waals surface area contributed by atoms with Gasteiger partial charge in [-0.05, 0) is 18.1 Å². The average Bonchev–Trinajstić information content (AvgIpc) is 2.62. The summed E-state index contributed by atoms with van der Waals surface area (Å²) in [6.45, 7) is 0.444. The van der Waals surface area contributed by atoms with Crippen molar-refractivity contribution in [2.24, 2.45) is 0 Å². The largest absolute Gasteiger partial charge is 0.433 e. The molecule has 0 unspecified atom stereocenters. The summed E-state index contributed by atoms with van der Waals surface area (Å²) in [5, 5.41) is 2.89. The highest BCUT2D eigenvalue weighted by Gasteiger charge is 2.33. The number of hydrogen-bond acceptors (Lipinski definition) is 3. The van der Waals surface area contributed by atoms with Crippen molar-refractivity contribution >= 4 is 5.95 Å². The first-order chi connectivity index (χ1) is 12.0. The fourth-order valence-electron chi connectivity index (χ4n) is 2.39. The molecule has 1 N–H and O–H groups in total. The van der Waals surface area contributed by atoms with Crippen molar-refractivity contribution < 1.29 is 13.2 Å². The van der Waals surface area contributed by atoms with Crippen molar-refractivity contribution in [3.63, 3.8) is 0 Å². The zero-order valence-electron chi connectivity index (χ0n) is 13.3. The molecule has 25 heavy (non-hydrogen) atoms. The molecule has 0 bridgehead atoms. The van der Waals surface area contributed by atoms with Crippen LogP contribution >= 0.6 is 0 Å². The Labute approximate surface area is 143 Å². The van der Waals surface area contributed by atoms with Crippen LogP contribution in [-0.4, -0.2) is 16.5 Å². The van der Waals surface area contributed by atoms with Crippen molar-refractivity contribution in [2.45, 2.75) is 12.6 Å². The third-order valence-corrected chi connectivity index (χ3v) is 3.63. The van der Waals surface area contributed by atoms with Gasteiger partial charge in [0, 0.05) is 12.1 Å². The van der Waals surface area contributed by atoms with E-state index >= 15 is 0 Å². The number of hydrogen-bond donors (Lipinski definition) is 1. The summed E-state index contributed by atoms with van der Waals surface area (Å²) in [6, 6.07) is 19.4. The highest BCUT2D eigenvalue weighted by Crippen LogP contribution is 2.31. The SMILES string of the molecule is FC(F)(F)c1cc(-c2ccccc2)nc(NCCc2ccccc2)n1. The van der Waals surface area contributed by atoms with Gasteiger partial charge in [-0.25, -0.2) is 9.97 Å². The van der Waals surface area contributed by atoms with Gasteiger partial charge in [0.1, 0.15) is 0 Å². The number of alkyl halides is 3. The van der Waals surface area contributed by atoms with Gasteiger partial charge in [-0.1, -0.05) is 60.7 Å². The molecule has 0 amide bonds. The van der Waals surface area contributed by atoms with E-state index in [2.05, 4.69) is 15.3 Å². The van der Waals surface area contributed by atoms with Crippen molar-refractivity contribution in [2.75, 3.05) is 11.9 Å². The van der Waals surface area contributed by atoms with E-state index in [0.717, 1.165) is 11.6 Å². The fraction of sp³-hybridized carbons (Fsp3) is 0.158. The predicted octanol–water partition coefficient (Wildman–Crippen LogP) is 4.82. The number of nitrogens with zero attached hydrogens (tertiary/aromatic N) is 2. The zero-order chi connectivity index (χ0) is 17.7. The number of halogens is 3. The van der Waals surface area contributed by atoms with Gasteiger partial charge in [-0.2, -0.15) is 13.2 Å². The van der Waals surface area contributed by atoms with Gasteiger partial charge in [0.25, 0.3) is 0 Å². The lowest BCUT2D eigenvalue weighted by Crippen LogP contribution is -2.14. The summed E-state index contributed by atoms with van der Waals surface area (Å²) >= 11 is 0. The molecule has 128 valence electrons. The van der Waals surface area contributed by atoms with Gasteiger partial charge in [0.15, 0.2) is 5.69 Å². The highest BCUT2D eigenvalue weighted by molar-refractivity contribution is 5.60. The van der Waals surface area contributed by atoms with Crippen molar-refractivity contribution in [3.05, 3.63) is 78.0 Å². The van der Waals surface area contributed by atoms with Crippen LogP contribution in [0.2, 0.25) is 0 Å². The lowest BCUT2D eigenvalue weighted by atomic mass is 10.1. The number of anilines is 1. The van der Waals surface area contributed by atoms with Gasteiger partial charge in [-0.15, -0.1) is 0 Å². The summed E-state index contributed by atoms with van der Waals surface area (Å²) in [6.07, 6.45) is -3.86. The lowest BCUT2D eigenvalue weighted by Gasteiger charge is -2.12. The molecule has 1 heterocycles. The molecular formula is C19H16F3N3. The van der Waals surface area contributed by atoms with Crippen LogP contribution in [0.1, 0.15) is 11.3 Å². The van der Waals surface area contributed by atoms with Crippen LogP contribution in [0.4, 0.5) is 19.1 Å². The van der Waals surface area contributed by atoms with E-state index in [9.17, 15) is 13.2 Å². The summed E-state index contributed by atoms with van der Waals surface area (Å²) in [7, 11) is 0. The molecule has 0 aliphatic heterocycles. The Hall–Kier alpha value is -2.89. The summed E-state index contributed by atoms with van der Waals surface area (Å²) in [4.78, 5) is 7.84. The first-order valence-corrected chi connectivity index (χ1v) is 7.82. The van der Waals surface area contributed by atoms with Crippen LogP contribution in [0.5, 0.6) is 0 Å². The minimum absolute atomic E-state index is 0.0235. The van der Waals surface area contributed by atoms with E-state index < -0.39 is 11.9 Å². The Kier molecular flexibility index (Phi) is 4.97. The number of rotatable bonds is 5. The molecule has 0 saturated heterocycles. The predicted molar refractivity (Wildman–Crippen MR) is 91.1 cm³/mol. The Bertz CT molecular complexity index is 818. The van der Waals surface area contributed by atoms with Gasteiger partial charge in [0.05, 0.1) is 5.69 Å². The monoisotopic (exact) mass is 343 g/mol. The fourth-order valence-corrected chi connectivity index (χ4v) is 2.39. The number of benzene rings is 2. The molecule has 3 nitrogen and oxygen atoms in total. The van der Waals surface area contributed by atoms with Crippen LogP contribution in [0.3, 0.4) is 0 Å².